The van der Waals surface area contributed by atoms with E-state index in [1.165, 1.54) is 5.56 Å². The highest BCUT2D eigenvalue weighted by atomic mass is 16.1. The van der Waals surface area contributed by atoms with E-state index in [9.17, 15) is 4.79 Å². The van der Waals surface area contributed by atoms with E-state index in [1.54, 1.807) is 10.9 Å². The number of nitrogens with two attached hydrogens (primary N) is 1. The summed E-state index contributed by atoms with van der Waals surface area (Å²) in [5.74, 6) is -0.317. The molecule has 0 aliphatic carbocycles. The lowest BCUT2D eigenvalue weighted by Gasteiger charge is -2.16. The van der Waals surface area contributed by atoms with Gasteiger partial charge in [-0.1, -0.05) is 12.1 Å². The number of rotatable bonds is 5. The summed E-state index contributed by atoms with van der Waals surface area (Å²) in [6.07, 6.45) is 7.50. The lowest BCUT2D eigenvalue weighted by atomic mass is 9.90. The second-order valence-electron chi connectivity index (χ2n) is 6.87. The number of hydrogen-bond acceptors (Lipinski definition) is 4. The molecule has 134 valence electrons. The van der Waals surface area contributed by atoms with Gasteiger partial charge in [0.1, 0.15) is 0 Å². The van der Waals surface area contributed by atoms with Crippen LogP contribution in [0.1, 0.15) is 17.0 Å². The number of nitrogens with zero attached hydrogens (tertiary/aromatic N) is 5. The van der Waals surface area contributed by atoms with Crippen LogP contribution in [0.15, 0.2) is 55.1 Å². The minimum absolute atomic E-state index is 0.101. The van der Waals surface area contributed by atoms with Gasteiger partial charge >= 0.3 is 0 Å². The normalized spacial score (nSPS) is 20.5. The molecule has 7 nitrogen and oxygen atoms in total. The van der Waals surface area contributed by atoms with Crippen molar-refractivity contribution in [1.29, 1.82) is 0 Å². The monoisotopic (exact) mass is 350 g/mol. The fourth-order valence-electron chi connectivity index (χ4n) is 3.71. The summed E-state index contributed by atoms with van der Waals surface area (Å²) in [5.41, 5.74) is 8.97. The Morgan fingerprint density at radius 1 is 1.23 bits per heavy atom. The van der Waals surface area contributed by atoms with E-state index in [-0.39, 0.29) is 17.7 Å². The summed E-state index contributed by atoms with van der Waals surface area (Å²) in [4.78, 5) is 14.2. The fraction of sp³-hybridized carbons (Fsp3) is 0.316. The molecule has 0 spiro atoms. The van der Waals surface area contributed by atoms with E-state index in [0.717, 1.165) is 24.3 Å². The van der Waals surface area contributed by atoms with Gasteiger partial charge in [-0.2, -0.15) is 10.2 Å². The molecule has 0 saturated carbocycles. The maximum Gasteiger partial charge on any atom is 0.222 e. The SMILES string of the molecule is Cn1cc([C@H]2CN(Cc3ccc(-n4cccn4)cc3)C[C@@H]2C(N)=O)cn1. The van der Waals surface area contributed by atoms with Gasteiger partial charge in [0.2, 0.25) is 5.91 Å². The molecule has 0 unspecified atom stereocenters. The van der Waals surface area contributed by atoms with Crippen molar-refractivity contribution in [3.8, 4) is 5.69 Å². The lowest BCUT2D eigenvalue weighted by Crippen LogP contribution is -2.29. The summed E-state index contributed by atoms with van der Waals surface area (Å²) in [7, 11) is 1.89. The van der Waals surface area contributed by atoms with Crippen LogP contribution in [-0.2, 0) is 18.4 Å². The molecule has 1 aliphatic heterocycles. The first-order valence-electron chi connectivity index (χ1n) is 8.69. The molecule has 3 heterocycles. The molecule has 4 rings (SSSR count). The number of hydrogen-bond donors (Lipinski definition) is 1. The van der Waals surface area contributed by atoms with Crippen molar-refractivity contribution in [2.45, 2.75) is 12.5 Å². The maximum absolute atomic E-state index is 11.9. The third-order valence-electron chi connectivity index (χ3n) is 5.03. The van der Waals surface area contributed by atoms with Crippen molar-refractivity contribution < 1.29 is 4.79 Å². The van der Waals surface area contributed by atoms with Crippen LogP contribution in [-0.4, -0.2) is 43.5 Å². The number of carbonyl (C=O) groups excluding carboxylic acids is 1. The molecular formula is C19H22N6O. The second-order valence-corrected chi connectivity index (χ2v) is 6.87. The van der Waals surface area contributed by atoms with Gasteiger partial charge < -0.3 is 5.73 Å². The Morgan fingerprint density at radius 3 is 2.65 bits per heavy atom. The van der Waals surface area contributed by atoms with Crippen LogP contribution >= 0.6 is 0 Å². The maximum atomic E-state index is 11.9. The smallest absolute Gasteiger partial charge is 0.222 e. The third kappa shape index (κ3) is 3.25. The van der Waals surface area contributed by atoms with Gasteiger partial charge in [-0.25, -0.2) is 4.68 Å². The molecule has 2 aromatic heterocycles. The highest BCUT2D eigenvalue weighted by Gasteiger charge is 2.37. The molecule has 0 radical (unpaired) electrons. The predicted molar refractivity (Wildman–Crippen MR) is 97.5 cm³/mol. The Hall–Kier alpha value is -2.93. The minimum Gasteiger partial charge on any atom is -0.369 e. The average Bonchev–Trinajstić information content (AvgIpc) is 3.35. The zero-order chi connectivity index (χ0) is 18.1. The topological polar surface area (TPSA) is 82.0 Å². The highest BCUT2D eigenvalue weighted by Crippen LogP contribution is 2.33. The second kappa shape index (κ2) is 6.76. The van der Waals surface area contributed by atoms with Gasteiger partial charge in [0.25, 0.3) is 0 Å². The standard InChI is InChI=1S/C19H22N6O/c1-23-11-15(9-22-23)17-12-24(13-18(17)19(20)26)10-14-3-5-16(6-4-14)25-8-2-7-21-25/h2-9,11,17-18H,10,12-13H2,1H3,(H2,20,26)/t17-,18+/m1/s1. The summed E-state index contributed by atoms with van der Waals surface area (Å²) < 4.78 is 3.60. The number of aromatic nitrogens is 4. The molecule has 1 fully saturated rings. The van der Waals surface area contributed by atoms with E-state index in [4.69, 9.17) is 5.73 Å². The number of primary amides is 1. The summed E-state index contributed by atoms with van der Waals surface area (Å²) in [6, 6.07) is 10.2. The van der Waals surface area contributed by atoms with Crippen molar-refractivity contribution in [1.82, 2.24) is 24.5 Å². The average molecular weight is 350 g/mol. The fourth-order valence-corrected chi connectivity index (χ4v) is 3.71. The zero-order valence-corrected chi connectivity index (χ0v) is 14.7. The Kier molecular flexibility index (Phi) is 4.30. The first-order chi connectivity index (χ1) is 12.6. The van der Waals surface area contributed by atoms with Crippen LogP contribution in [0, 0.1) is 5.92 Å². The molecular weight excluding hydrogens is 328 g/mol. The first kappa shape index (κ1) is 16.5. The Labute approximate surface area is 152 Å². The van der Waals surface area contributed by atoms with Crippen LogP contribution in [0.25, 0.3) is 5.69 Å². The zero-order valence-electron chi connectivity index (χ0n) is 14.7. The number of carbonyl (C=O) groups is 1. The van der Waals surface area contributed by atoms with E-state index in [1.807, 2.05) is 36.4 Å². The minimum atomic E-state index is -0.240. The Morgan fingerprint density at radius 2 is 2.04 bits per heavy atom. The summed E-state index contributed by atoms with van der Waals surface area (Å²) >= 11 is 0. The van der Waals surface area contributed by atoms with Crippen LogP contribution < -0.4 is 5.73 Å². The van der Waals surface area contributed by atoms with E-state index in [2.05, 4.69) is 39.4 Å². The van der Waals surface area contributed by atoms with Gasteiger partial charge in [-0.15, -0.1) is 0 Å². The van der Waals surface area contributed by atoms with Gasteiger partial charge in [-0.3, -0.25) is 14.4 Å². The van der Waals surface area contributed by atoms with E-state index < -0.39 is 0 Å². The van der Waals surface area contributed by atoms with Gasteiger partial charge in [0, 0.05) is 51.2 Å². The van der Waals surface area contributed by atoms with Crippen LogP contribution in [0.5, 0.6) is 0 Å². The number of amides is 1. The van der Waals surface area contributed by atoms with E-state index in [0.29, 0.717) is 6.54 Å². The highest BCUT2D eigenvalue weighted by molar-refractivity contribution is 5.78. The van der Waals surface area contributed by atoms with Crippen molar-refractivity contribution in [2.75, 3.05) is 13.1 Å². The molecule has 1 amide bonds. The predicted octanol–water partition coefficient (Wildman–Crippen LogP) is 1.31. The molecule has 1 saturated heterocycles. The van der Waals surface area contributed by atoms with Crippen molar-refractivity contribution in [2.24, 2.45) is 18.7 Å². The van der Waals surface area contributed by atoms with Gasteiger partial charge in [-0.05, 0) is 29.3 Å². The van der Waals surface area contributed by atoms with Crippen LogP contribution in [0.4, 0.5) is 0 Å². The molecule has 26 heavy (non-hydrogen) atoms. The van der Waals surface area contributed by atoms with Crippen molar-refractivity contribution in [3.05, 3.63) is 66.2 Å². The van der Waals surface area contributed by atoms with Crippen molar-refractivity contribution in [3.63, 3.8) is 0 Å². The molecule has 0 bridgehead atoms. The van der Waals surface area contributed by atoms with Crippen molar-refractivity contribution >= 4 is 5.91 Å². The number of likely N-dealkylation sites (tertiary alicyclic amines) is 1. The number of aryl methyl sites for hydroxylation is 1. The Bertz CT molecular complexity index is 883. The van der Waals surface area contributed by atoms with Crippen LogP contribution in [0.3, 0.4) is 0 Å². The summed E-state index contributed by atoms with van der Waals surface area (Å²) in [5, 5.41) is 8.48. The van der Waals surface area contributed by atoms with Gasteiger partial charge in [0.05, 0.1) is 17.8 Å². The van der Waals surface area contributed by atoms with Crippen LogP contribution in [0.2, 0.25) is 0 Å². The molecule has 7 heteroatoms. The number of benzene rings is 1. The quantitative estimate of drug-likeness (QED) is 0.752. The molecule has 1 aliphatic rings. The van der Waals surface area contributed by atoms with Gasteiger partial charge in [0.15, 0.2) is 0 Å². The largest absolute Gasteiger partial charge is 0.369 e. The molecule has 1 aromatic carbocycles. The molecule has 3 aromatic rings. The Balaban J connectivity index is 1.47. The summed E-state index contributed by atoms with van der Waals surface area (Å²) in [6.45, 7) is 2.27. The first-order valence-corrected chi connectivity index (χ1v) is 8.69. The van der Waals surface area contributed by atoms with E-state index >= 15 is 0 Å². The lowest BCUT2D eigenvalue weighted by molar-refractivity contribution is -0.121. The third-order valence-corrected chi connectivity index (χ3v) is 5.03. The molecule has 2 N–H and O–H groups in total. The molecule has 2 atom stereocenters.